The summed E-state index contributed by atoms with van der Waals surface area (Å²) < 4.78 is 10.9. The van der Waals surface area contributed by atoms with Gasteiger partial charge in [0.15, 0.2) is 11.5 Å². The van der Waals surface area contributed by atoms with Gasteiger partial charge < -0.3 is 14.8 Å². The van der Waals surface area contributed by atoms with E-state index in [0.29, 0.717) is 5.92 Å². The van der Waals surface area contributed by atoms with E-state index in [9.17, 15) is 4.79 Å². The molecule has 0 saturated heterocycles. The maximum atomic E-state index is 13.2. The number of anilines is 1. The second-order valence-corrected chi connectivity index (χ2v) is 8.91. The second-order valence-electron chi connectivity index (χ2n) is 8.91. The minimum Gasteiger partial charge on any atom is -0.454 e. The molecule has 1 saturated carbocycles. The molecule has 5 rings (SSSR count). The number of fused-ring (bicyclic) bond motifs is 1. The molecule has 4 heteroatoms. The van der Waals surface area contributed by atoms with Gasteiger partial charge in [0.2, 0.25) is 12.7 Å². The fourth-order valence-corrected chi connectivity index (χ4v) is 4.35. The molecular weight excluding hydrogens is 386 g/mol. The van der Waals surface area contributed by atoms with Crippen LogP contribution >= 0.6 is 0 Å². The van der Waals surface area contributed by atoms with Crippen molar-refractivity contribution in [1.29, 1.82) is 0 Å². The zero-order chi connectivity index (χ0) is 21.6. The molecule has 3 aromatic rings. The van der Waals surface area contributed by atoms with Crippen molar-refractivity contribution in [3.05, 3.63) is 77.4 Å². The lowest BCUT2D eigenvalue weighted by Gasteiger charge is -2.17. The lowest BCUT2D eigenvalue weighted by Crippen LogP contribution is -2.27. The first-order chi connectivity index (χ1) is 15.0. The van der Waals surface area contributed by atoms with Crippen LogP contribution in [0, 0.1) is 6.92 Å². The van der Waals surface area contributed by atoms with Gasteiger partial charge in [-0.05, 0) is 77.8 Å². The van der Waals surface area contributed by atoms with Gasteiger partial charge in [0.25, 0.3) is 0 Å². The normalized spacial score (nSPS) is 15.7. The predicted molar refractivity (Wildman–Crippen MR) is 123 cm³/mol. The van der Waals surface area contributed by atoms with Crippen LogP contribution in [0.5, 0.6) is 11.5 Å². The average Bonchev–Trinajstić information content (AvgIpc) is 3.45. The molecule has 0 spiro atoms. The molecule has 4 nitrogen and oxygen atoms in total. The zero-order valence-corrected chi connectivity index (χ0v) is 18.2. The van der Waals surface area contributed by atoms with Crippen molar-refractivity contribution in [3.63, 3.8) is 0 Å². The predicted octanol–water partition coefficient (Wildman–Crippen LogP) is 6.18. The molecule has 158 valence electrons. The Morgan fingerprint density at radius 1 is 0.968 bits per heavy atom. The van der Waals surface area contributed by atoms with Crippen LogP contribution in [0.2, 0.25) is 0 Å². The van der Waals surface area contributed by atoms with Gasteiger partial charge in [-0.3, -0.25) is 4.79 Å². The van der Waals surface area contributed by atoms with Crippen LogP contribution in [-0.4, -0.2) is 12.7 Å². The summed E-state index contributed by atoms with van der Waals surface area (Å²) in [5.41, 5.74) is 6.23. The van der Waals surface area contributed by atoms with E-state index in [0.717, 1.165) is 41.2 Å². The third-order valence-electron chi connectivity index (χ3n) is 6.46. The lowest BCUT2D eigenvalue weighted by molar-refractivity contribution is -0.118. The maximum absolute atomic E-state index is 13.2. The Bertz CT molecular complexity index is 1160. The average molecular weight is 414 g/mol. The Labute approximate surface area is 183 Å². The second kappa shape index (κ2) is 7.45. The van der Waals surface area contributed by atoms with Crippen LogP contribution < -0.4 is 14.8 Å². The lowest BCUT2D eigenvalue weighted by atomic mass is 9.93. The molecule has 1 aliphatic heterocycles. The molecule has 1 aliphatic carbocycles. The van der Waals surface area contributed by atoms with Crippen molar-refractivity contribution in [1.82, 2.24) is 0 Å². The minimum atomic E-state index is -0.473. The smallest absolute Gasteiger partial charge is 0.235 e. The quantitative estimate of drug-likeness (QED) is 0.543. The highest BCUT2D eigenvalue weighted by Gasteiger charge is 2.51. The van der Waals surface area contributed by atoms with Crippen LogP contribution in [0.25, 0.3) is 11.1 Å². The number of carbonyl (C=O) groups is 1. The first-order valence-corrected chi connectivity index (χ1v) is 10.9. The van der Waals surface area contributed by atoms with E-state index in [1.807, 2.05) is 24.3 Å². The molecule has 1 heterocycles. The topological polar surface area (TPSA) is 47.6 Å². The fourth-order valence-electron chi connectivity index (χ4n) is 4.35. The third kappa shape index (κ3) is 3.56. The zero-order valence-electron chi connectivity index (χ0n) is 18.2. The van der Waals surface area contributed by atoms with E-state index in [-0.39, 0.29) is 12.7 Å². The number of benzene rings is 3. The van der Waals surface area contributed by atoms with Gasteiger partial charge in [-0.2, -0.15) is 0 Å². The summed E-state index contributed by atoms with van der Waals surface area (Å²) in [5.74, 6) is 2.00. The molecule has 0 atom stereocenters. The van der Waals surface area contributed by atoms with Crippen LogP contribution in [0.1, 0.15) is 49.3 Å². The van der Waals surface area contributed by atoms with Gasteiger partial charge in [-0.15, -0.1) is 0 Å². The monoisotopic (exact) mass is 413 g/mol. The Hall–Kier alpha value is -3.27. The number of amides is 1. The van der Waals surface area contributed by atoms with E-state index >= 15 is 0 Å². The van der Waals surface area contributed by atoms with E-state index in [2.05, 4.69) is 62.5 Å². The Morgan fingerprint density at radius 2 is 1.77 bits per heavy atom. The molecule has 2 aliphatic rings. The van der Waals surface area contributed by atoms with Crippen molar-refractivity contribution in [2.75, 3.05) is 12.1 Å². The van der Waals surface area contributed by atoms with Gasteiger partial charge >= 0.3 is 0 Å². The molecule has 0 unspecified atom stereocenters. The summed E-state index contributed by atoms with van der Waals surface area (Å²) in [4.78, 5) is 13.2. The van der Waals surface area contributed by atoms with E-state index in [1.165, 1.54) is 16.7 Å². The number of rotatable bonds is 5. The van der Waals surface area contributed by atoms with Gasteiger partial charge in [0, 0.05) is 5.69 Å². The van der Waals surface area contributed by atoms with Crippen molar-refractivity contribution < 1.29 is 14.3 Å². The van der Waals surface area contributed by atoms with E-state index in [1.54, 1.807) is 0 Å². The largest absolute Gasteiger partial charge is 0.454 e. The molecule has 0 radical (unpaired) electrons. The van der Waals surface area contributed by atoms with Crippen LogP contribution in [0.3, 0.4) is 0 Å². The number of aryl methyl sites for hydroxylation is 1. The van der Waals surface area contributed by atoms with Gasteiger partial charge in [0.1, 0.15) is 0 Å². The van der Waals surface area contributed by atoms with Crippen molar-refractivity contribution >= 4 is 11.6 Å². The first kappa shape index (κ1) is 19.7. The molecule has 0 bridgehead atoms. The highest BCUT2D eigenvalue weighted by Crippen LogP contribution is 2.51. The number of ether oxygens (including phenoxy) is 2. The Balaban J connectivity index is 1.36. The summed E-state index contributed by atoms with van der Waals surface area (Å²) in [6.07, 6.45) is 1.69. The standard InChI is InChI=1S/C27H27NO3/c1-17(2)19-5-4-6-20(14-19)23-9-8-22(13-18(23)3)28-26(29)27(11-12-27)21-7-10-24-25(15-21)31-16-30-24/h4-10,13-15,17H,11-12,16H2,1-3H3,(H,28,29). The molecule has 31 heavy (non-hydrogen) atoms. The van der Waals surface area contributed by atoms with Crippen molar-refractivity contribution in [2.45, 2.75) is 44.9 Å². The molecule has 1 fully saturated rings. The summed E-state index contributed by atoms with van der Waals surface area (Å²) >= 11 is 0. The molecule has 1 amide bonds. The summed E-state index contributed by atoms with van der Waals surface area (Å²) in [5, 5.41) is 3.15. The van der Waals surface area contributed by atoms with Gasteiger partial charge in [-0.25, -0.2) is 0 Å². The molecule has 1 N–H and O–H groups in total. The number of carbonyl (C=O) groups excluding carboxylic acids is 1. The molecule has 3 aromatic carbocycles. The number of hydrogen-bond donors (Lipinski definition) is 1. The van der Waals surface area contributed by atoms with Crippen LogP contribution in [0.15, 0.2) is 60.7 Å². The summed E-state index contributed by atoms with van der Waals surface area (Å²) in [7, 11) is 0. The first-order valence-electron chi connectivity index (χ1n) is 10.9. The number of nitrogens with one attached hydrogen (secondary N) is 1. The Kier molecular flexibility index (Phi) is 4.73. The SMILES string of the molecule is Cc1cc(NC(=O)C2(c3ccc4c(c3)OCO4)CC2)ccc1-c1cccc(C(C)C)c1. The minimum absolute atomic E-state index is 0.0420. The third-order valence-corrected chi connectivity index (χ3v) is 6.46. The van der Waals surface area contributed by atoms with Gasteiger partial charge in [0.05, 0.1) is 5.41 Å². The van der Waals surface area contributed by atoms with Crippen molar-refractivity contribution in [2.24, 2.45) is 0 Å². The fraction of sp³-hybridized carbons (Fsp3) is 0.296. The summed E-state index contributed by atoms with van der Waals surface area (Å²) in [6, 6.07) is 20.7. The molecule has 0 aromatic heterocycles. The summed E-state index contributed by atoms with van der Waals surface area (Å²) in [6.45, 7) is 6.75. The van der Waals surface area contributed by atoms with E-state index < -0.39 is 5.41 Å². The number of hydrogen-bond acceptors (Lipinski definition) is 3. The highest BCUT2D eigenvalue weighted by atomic mass is 16.7. The molecular formula is C27H27NO3. The van der Waals surface area contributed by atoms with Crippen LogP contribution in [0.4, 0.5) is 5.69 Å². The highest BCUT2D eigenvalue weighted by molar-refractivity contribution is 6.01. The van der Waals surface area contributed by atoms with Crippen molar-refractivity contribution in [3.8, 4) is 22.6 Å². The maximum Gasteiger partial charge on any atom is 0.235 e. The van der Waals surface area contributed by atoms with Gasteiger partial charge in [-0.1, -0.05) is 50.2 Å². The Morgan fingerprint density at radius 3 is 2.52 bits per heavy atom. The van der Waals surface area contributed by atoms with Crippen LogP contribution in [-0.2, 0) is 10.2 Å². The van der Waals surface area contributed by atoms with E-state index in [4.69, 9.17) is 9.47 Å².